The second kappa shape index (κ2) is 2.60. The number of anilines is 1. The van der Waals surface area contributed by atoms with Crippen molar-refractivity contribution in [2.75, 3.05) is 11.9 Å². The Bertz CT molecular complexity index is 291. The third kappa shape index (κ3) is 0.987. The fourth-order valence-electron chi connectivity index (χ4n) is 1.33. The average Bonchev–Trinajstić information content (AvgIpc) is 2.12. The summed E-state index contributed by atoms with van der Waals surface area (Å²) in [6.07, 6.45) is 0.935. The number of benzene rings is 1. The molecule has 0 saturated carbocycles. The third-order valence-corrected chi connectivity index (χ3v) is 1.98. The summed E-state index contributed by atoms with van der Waals surface area (Å²) in [4.78, 5) is 5.80. The number of fused-ring (bicyclic) bond motifs is 1. The molecule has 1 aliphatic rings. The van der Waals surface area contributed by atoms with Crippen LogP contribution in [0.5, 0.6) is 0 Å². The monoisotopic (exact) mass is 162 g/mol. The molecule has 1 aromatic carbocycles. The quantitative estimate of drug-likeness (QED) is 0.621. The van der Waals surface area contributed by atoms with E-state index in [1.54, 1.807) is 6.34 Å². The minimum atomic E-state index is -0.697. The van der Waals surface area contributed by atoms with Crippen LogP contribution in [0, 0.1) is 0 Å². The van der Waals surface area contributed by atoms with Gasteiger partial charge < -0.3 is 10.0 Å². The van der Waals surface area contributed by atoms with Gasteiger partial charge in [-0.15, -0.1) is 0 Å². The van der Waals surface area contributed by atoms with E-state index in [0.717, 1.165) is 11.3 Å². The van der Waals surface area contributed by atoms with Gasteiger partial charge in [0.1, 0.15) is 0 Å². The SMILES string of the molecule is CN1C=NC(O)c2ccccc21. The molecule has 0 fully saturated rings. The van der Waals surface area contributed by atoms with Crippen LogP contribution < -0.4 is 4.90 Å². The Morgan fingerprint density at radius 3 is 2.92 bits per heavy atom. The van der Waals surface area contributed by atoms with Crippen LogP contribution in [0.1, 0.15) is 11.8 Å². The Morgan fingerprint density at radius 1 is 1.42 bits per heavy atom. The zero-order valence-electron chi connectivity index (χ0n) is 6.81. The third-order valence-electron chi connectivity index (χ3n) is 1.98. The van der Waals surface area contributed by atoms with Gasteiger partial charge in [0.25, 0.3) is 0 Å². The van der Waals surface area contributed by atoms with Crippen LogP contribution in [0.15, 0.2) is 29.3 Å². The Morgan fingerprint density at radius 2 is 2.17 bits per heavy atom. The van der Waals surface area contributed by atoms with Crippen LogP contribution in [-0.4, -0.2) is 18.5 Å². The van der Waals surface area contributed by atoms with E-state index in [9.17, 15) is 5.11 Å². The summed E-state index contributed by atoms with van der Waals surface area (Å²) in [6, 6.07) is 7.69. The summed E-state index contributed by atoms with van der Waals surface area (Å²) in [5.41, 5.74) is 1.88. The molecule has 3 nitrogen and oxygen atoms in total. The van der Waals surface area contributed by atoms with Gasteiger partial charge in [-0.25, -0.2) is 4.99 Å². The number of rotatable bonds is 0. The van der Waals surface area contributed by atoms with Gasteiger partial charge in [0, 0.05) is 18.3 Å². The molecule has 0 radical (unpaired) electrons. The largest absolute Gasteiger partial charge is 0.368 e. The van der Waals surface area contributed by atoms with E-state index >= 15 is 0 Å². The summed E-state index contributed by atoms with van der Waals surface area (Å²) >= 11 is 0. The molecule has 0 aromatic heterocycles. The minimum absolute atomic E-state index is 0.697. The Balaban J connectivity index is 2.54. The van der Waals surface area contributed by atoms with Gasteiger partial charge in [-0.3, -0.25) is 0 Å². The summed E-state index contributed by atoms with van der Waals surface area (Å²) in [7, 11) is 1.91. The van der Waals surface area contributed by atoms with Crippen LogP contribution in [0.25, 0.3) is 0 Å². The van der Waals surface area contributed by atoms with Crippen molar-refractivity contribution in [3.63, 3.8) is 0 Å². The predicted octanol–water partition coefficient (Wildman–Crippen LogP) is 1.16. The minimum Gasteiger partial charge on any atom is -0.368 e. The molecule has 1 heterocycles. The first-order chi connectivity index (χ1) is 5.79. The van der Waals surface area contributed by atoms with Crippen molar-refractivity contribution >= 4 is 12.0 Å². The van der Waals surface area contributed by atoms with E-state index in [-0.39, 0.29) is 0 Å². The van der Waals surface area contributed by atoms with Gasteiger partial charge >= 0.3 is 0 Å². The van der Waals surface area contributed by atoms with Gasteiger partial charge in [-0.1, -0.05) is 18.2 Å². The standard InChI is InChI=1S/C9H10N2O/c1-11-6-10-9(12)7-4-2-3-5-8(7)11/h2-6,9,12H,1H3. The fraction of sp³-hybridized carbons (Fsp3) is 0.222. The molecule has 0 spiro atoms. The van der Waals surface area contributed by atoms with Gasteiger partial charge in [-0.05, 0) is 6.07 Å². The number of nitrogens with zero attached hydrogens (tertiary/aromatic N) is 2. The number of hydrogen-bond acceptors (Lipinski definition) is 3. The number of aliphatic hydroxyl groups is 1. The van der Waals surface area contributed by atoms with Gasteiger partial charge in [0.2, 0.25) is 0 Å². The van der Waals surface area contributed by atoms with E-state index in [2.05, 4.69) is 4.99 Å². The zero-order chi connectivity index (χ0) is 8.55. The molecule has 3 heteroatoms. The first kappa shape index (κ1) is 7.31. The van der Waals surface area contributed by atoms with Crippen molar-refractivity contribution < 1.29 is 5.11 Å². The first-order valence-corrected chi connectivity index (χ1v) is 3.82. The summed E-state index contributed by atoms with van der Waals surface area (Å²) in [6.45, 7) is 0. The number of aliphatic imine (C=N–C) groups is 1. The summed E-state index contributed by atoms with van der Waals surface area (Å²) in [5.74, 6) is 0. The van der Waals surface area contributed by atoms with Crippen molar-refractivity contribution in [1.82, 2.24) is 0 Å². The molecule has 2 rings (SSSR count). The number of para-hydroxylation sites is 1. The fourth-order valence-corrected chi connectivity index (χ4v) is 1.33. The Labute approximate surface area is 71.0 Å². The molecule has 1 aliphatic heterocycles. The molecular formula is C9H10N2O. The average molecular weight is 162 g/mol. The van der Waals surface area contributed by atoms with E-state index < -0.39 is 6.23 Å². The maximum absolute atomic E-state index is 9.45. The molecule has 1 aromatic rings. The second-order valence-electron chi connectivity index (χ2n) is 2.81. The molecule has 62 valence electrons. The van der Waals surface area contributed by atoms with E-state index in [0.29, 0.717) is 0 Å². The highest BCUT2D eigenvalue weighted by molar-refractivity contribution is 5.82. The highest BCUT2D eigenvalue weighted by Crippen LogP contribution is 2.28. The van der Waals surface area contributed by atoms with Crippen LogP contribution in [0.4, 0.5) is 5.69 Å². The molecule has 12 heavy (non-hydrogen) atoms. The lowest BCUT2D eigenvalue weighted by Crippen LogP contribution is -2.21. The summed E-state index contributed by atoms with van der Waals surface area (Å²) < 4.78 is 0. The highest BCUT2D eigenvalue weighted by atomic mass is 16.3. The molecule has 0 amide bonds. The van der Waals surface area contributed by atoms with E-state index in [1.165, 1.54) is 0 Å². The lowest BCUT2D eigenvalue weighted by atomic mass is 10.1. The number of aliphatic hydroxyl groups excluding tert-OH is 1. The van der Waals surface area contributed by atoms with Crippen LogP contribution in [0.3, 0.4) is 0 Å². The van der Waals surface area contributed by atoms with E-state index in [4.69, 9.17) is 0 Å². The molecule has 0 saturated heterocycles. The van der Waals surface area contributed by atoms with Gasteiger partial charge in [0.15, 0.2) is 6.23 Å². The zero-order valence-corrected chi connectivity index (χ0v) is 6.81. The molecule has 1 unspecified atom stereocenters. The molecule has 1 N–H and O–H groups in total. The molecule has 1 atom stereocenters. The normalized spacial score (nSPS) is 20.8. The van der Waals surface area contributed by atoms with Crippen LogP contribution in [-0.2, 0) is 0 Å². The Kier molecular flexibility index (Phi) is 1.59. The van der Waals surface area contributed by atoms with Crippen molar-refractivity contribution in [3.8, 4) is 0 Å². The molecular weight excluding hydrogens is 152 g/mol. The first-order valence-electron chi connectivity index (χ1n) is 3.82. The predicted molar refractivity (Wildman–Crippen MR) is 48.3 cm³/mol. The van der Waals surface area contributed by atoms with Crippen molar-refractivity contribution in [2.24, 2.45) is 4.99 Å². The smallest absolute Gasteiger partial charge is 0.175 e. The molecule has 0 aliphatic carbocycles. The lowest BCUT2D eigenvalue weighted by molar-refractivity contribution is 0.188. The van der Waals surface area contributed by atoms with Crippen molar-refractivity contribution in [2.45, 2.75) is 6.23 Å². The maximum atomic E-state index is 9.45. The van der Waals surface area contributed by atoms with Gasteiger partial charge in [0.05, 0.1) is 6.34 Å². The lowest BCUT2D eigenvalue weighted by Gasteiger charge is -2.23. The van der Waals surface area contributed by atoms with Gasteiger partial charge in [-0.2, -0.15) is 0 Å². The maximum Gasteiger partial charge on any atom is 0.175 e. The Hall–Kier alpha value is -1.35. The highest BCUT2D eigenvalue weighted by Gasteiger charge is 2.16. The second-order valence-corrected chi connectivity index (χ2v) is 2.81. The van der Waals surface area contributed by atoms with Crippen molar-refractivity contribution in [1.29, 1.82) is 0 Å². The van der Waals surface area contributed by atoms with Crippen molar-refractivity contribution in [3.05, 3.63) is 29.8 Å². The van der Waals surface area contributed by atoms with E-state index in [1.807, 2.05) is 36.2 Å². The number of hydrogen-bond donors (Lipinski definition) is 1. The topological polar surface area (TPSA) is 35.8 Å². The van der Waals surface area contributed by atoms with Crippen LogP contribution in [0.2, 0.25) is 0 Å². The summed E-state index contributed by atoms with van der Waals surface area (Å²) in [5, 5.41) is 9.45. The van der Waals surface area contributed by atoms with Crippen LogP contribution >= 0.6 is 0 Å². The molecule has 0 bridgehead atoms.